The Hall–Kier alpha value is -0.0800. The van der Waals surface area contributed by atoms with Gasteiger partial charge >= 0.3 is 0 Å². The minimum Gasteiger partial charge on any atom is -0.396 e. The van der Waals surface area contributed by atoms with E-state index >= 15 is 0 Å². The molecule has 0 bridgehead atoms. The number of hydrogen-bond donors (Lipinski definition) is 3. The minimum absolute atomic E-state index is 0. The van der Waals surface area contributed by atoms with Crippen LogP contribution in [0.1, 0.15) is 34.1 Å². The van der Waals surface area contributed by atoms with Crippen molar-refractivity contribution in [3.63, 3.8) is 0 Å². The summed E-state index contributed by atoms with van der Waals surface area (Å²) in [6.07, 6.45) is 1.10. The molecule has 122 valence electrons. The number of rotatable bonds is 10. The highest BCUT2D eigenvalue weighted by molar-refractivity contribution is 14.0. The van der Waals surface area contributed by atoms with Gasteiger partial charge in [-0.25, -0.2) is 0 Å². The number of nitrogens with zero attached hydrogens (tertiary/aromatic N) is 1. The van der Waals surface area contributed by atoms with Crippen LogP contribution in [0.3, 0.4) is 0 Å². The van der Waals surface area contributed by atoms with Crippen molar-refractivity contribution in [2.24, 2.45) is 16.8 Å². The van der Waals surface area contributed by atoms with Crippen LogP contribution in [0.2, 0.25) is 0 Å². The first-order valence-electron chi connectivity index (χ1n) is 7.30. The first-order valence-corrected chi connectivity index (χ1v) is 7.30. The lowest BCUT2D eigenvalue weighted by Crippen LogP contribution is -2.39. The van der Waals surface area contributed by atoms with Crippen molar-refractivity contribution in [2.45, 2.75) is 34.1 Å². The van der Waals surface area contributed by atoms with Crippen molar-refractivity contribution in [3.05, 3.63) is 0 Å². The second-order valence-electron chi connectivity index (χ2n) is 5.23. The highest BCUT2D eigenvalue weighted by Crippen LogP contribution is 1.98. The van der Waals surface area contributed by atoms with Crippen LogP contribution in [0.25, 0.3) is 0 Å². The molecule has 0 radical (unpaired) electrons. The van der Waals surface area contributed by atoms with Gasteiger partial charge in [-0.3, -0.25) is 4.99 Å². The summed E-state index contributed by atoms with van der Waals surface area (Å²) in [7, 11) is 0. The summed E-state index contributed by atoms with van der Waals surface area (Å²) < 4.78 is 5.53. The van der Waals surface area contributed by atoms with Crippen molar-refractivity contribution < 1.29 is 9.84 Å². The molecule has 0 spiro atoms. The van der Waals surface area contributed by atoms with E-state index in [0.717, 1.165) is 32.1 Å². The molecule has 0 aliphatic carbocycles. The van der Waals surface area contributed by atoms with E-state index in [9.17, 15) is 0 Å². The number of hydrogen-bond acceptors (Lipinski definition) is 3. The van der Waals surface area contributed by atoms with Crippen molar-refractivity contribution in [3.8, 4) is 0 Å². The van der Waals surface area contributed by atoms with Gasteiger partial charge in [-0.2, -0.15) is 0 Å². The highest BCUT2D eigenvalue weighted by atomic mass is 127. The van der Waals surface area contributed by atoms with Gasteiger partial charge < -0.3 is 20.5 Å². The molecule has 0 aliphatic heterocycles. The minimum atomic E-state index is 0. The molecular weight excluding hydrogens is 369 g/mol. The number of ether oxygens (including phenoxy) is 1. The van der Waals surface area contributed by atoms with E-state index < -0.39 is 0 Å². The van der Waals surface area contributed by atoms with Crippen LogP contribution in [-0.4, -0.2) is 50.5 Å². The topological polar surface area (TPSA) is 65.9 Å². The van der Waals surface area contributed by atoms with E-state index in [-0.39, 0.29) is 36.5 Å². The summed E-state index contributed by atoms with van der Waals surface area (Å²) in [6.45, 7) is 12.3. The molecule has 0 saturated carbocycles. The average Bonchev–Trinajstić information content (AvgIpc) is 2.38. The Kier molecular flexibility index (Phi) is 17.0. The summed E-state index contributed by atoms with van der Waals surface area (Å²) in [4.78, 5) is 4.41. The van der Waals surface area contributed by atoms with Gasteiger partial charge in [0.25, 0.3) is 0 Å². The van der Waals surface area contributed by atoms with Crippen molar-refractivity contribution in [2.75, 3.05) is 39.5 Å². The number of aliphatic hydroxyl groups is 1. The van der Waals surface area contributed by atoms with Gasteiger partial charge in [0.05, 0.1) is 6.61 Å². The van der Waals surface area contributed by atoms with Crippen LogP contribution >= 0.6 is 24.0 Å². The predicted molar refractivity (Wildman–Crippen MR) is 95.9 cm³/mol. The molecule has 5 nitrogen and oxygen atoms in total. The third-order valence-corrected chi connectivity index (χ3v) is 2.60. The molecule has 0 aliphatic rings. The molecule has 0 amide bonds. The zero-order valence-corrected chi connectivity index (χ0v) is 15.6. The van der Waals surface area contributed by atoms with E-state index in [1.54, 1.807) is 0 Å². The first kappa shape index (κ1) is 22.2. The summed E-state index contributed by atoms with van der Waals surface area (Å²) in [6, 6.07) is 0. The molecule has 0 fully saturated rings. The SMILES string of the molecule is CCNC(=NCC(C)CO)NCCOCCC(C)C.I. The first-order chi connectivity index (χ1) is 9.10. The van der Waals surface area contributed by atoms with Gasteiger partial charge in [0.2, 0.25) is 0 Å². The van der Waals surface area contributed by atoms with Crippen LogP contribution < -0.4 is 10.6 Å². The summed E-state index contributed by atoms with van der Waals surface area (Å²) >= 11 is 0. The summed E-state index contributed by atoms with van der Waals surface area (Å²) in [5.74, 6) is 1.67. The quantitative estimate of drug-likeness (QED) is 0.226. The molecule has 0 rings (SSSR count). The molecular formula is C14H32IN3O2. The number of nitrogens with one attached hydrogen (secondary N) is 2. The standard InChI is InChI=1S/C14H31N3O2.HI/c1-5-15-14(17-10-13(4)11-18)16-7-9-19-8-6-12(2)3;/h12-13,18H,5-11H2,1-4H3,(H2,15,16,17);1H. The van der Waals surface area contributed by atoms with Crippen LogP contribution in [0.5, 0.6) is 0 Å². The van der Waals surface area contributed by atoms with Crippen molar-refractivity contribution in [1.29, 1.82) is 0 Å². The smallest absolute Gasteiger partial charge is 0.191 e. The third-order valence-electron chi connectivity index (χ3n) is 2.60. The Morgan fingerprint density at radius 3 is 2.45 bits per heavy atom. The van der Waals surface area contributed by atoms with E-state index in [4.69, 9.17) is 9.84 Å². The van der Waals surface area contributed by atoms with Crippen molar-refractivity contribution >= 4 is 29.9 Å². The lowest BCUT2D eigenvalue weighted by Gasteiger charge is -2.13. The molecule has 20 heavy (non-hydrogen) atoms. The Bertz CT molecular complexity index is 238. The maximum atomic E-state index is 8.97. The largest absolute Gasteiger partial charge is 0.396 e. The molecule has 3 N–H and O–H groups in total. The second kappa shape index (κ2) is 15.3. The molecule has 1 atom stereocenters. The predicted octanol–water partition coefficient (Wildman–Crippen LogP) is 1.85. The van der Waals surface area contributed by atoms with Gasteiger partial charge in [-0.05, 0) is 25.2 Å². The molecule has 0 aromatic rings. The fraction of sp³-hybridized carbons (Fsp3) is 0.929. The van der Waals surface area contributed by atoms with Gasteiger partial charge in [0, 0.05) is 32.8 Å². The third kappa shape index (κ3) is 14.3. The zero-order chi connectivity index (χ0) is 14.5. The monoisotopic (exact) mass is 401 g/mol. The van der Waals surface area contributed by atoms with E-state index in [2.05, 4.69) is 29.5 Å². The molecule has 1 unspecified atom stereocenters. The van der Waals surface area contributed by atoms with Gasteiger partial charge in [-0.1, -0.05) is 20.8 Å². The average molecular weight is 401 g/mol. The van der Waals surface area contributed by atoms with Crippen LogP contribution in [0.15, 0.2) is 4.99 Å². The molecule has 6 heteroatoms. The van der Waals surface area contributed by atoms with Crippen LogP contribution in [0, 0.1) is 11.8 Å². The highest BCUT2D eigenvalue weighted by Gasteiger charge is 2.01. The number of aliphatic hydroxyl groups excluding tert-OH is 1. The summed E-state index contributed by atoms with van der Waals surface area (Å²) in [5, 5.41) is 15.4. The molecule has 0 heterocycles. The van der Waals surface area contributed by atoms with Crippen LogP contribution in [-0.2, 0) is 4.74 Å². The van der Waals surface area contributed by atoms with Gasteiger partial charge in [0.1, 0.15) is 0 Å². The van der Waals surface area contributed by atoms with E-state index in [1.165, 1.54) is 0 Å². The Morgan fingerprint density at radius 1 is 1.20 bits per heavy atom. The van der Waals surface area contributed by atoms with E-state index in [1.807, 2.05) is 13.8 Å². The Morgan fingerprint density at radius 2 is 1.90 bits per heavy atom. The maximum absolute atomic E-state index is 8.97. The fourth-order valence-electron chi connectivity index (χ4n) is 1.31. The lowest BCUT2D eigenvalue weighted by atomic mass is 10.1. The molecule has 0 saturated heterocycles. The fourth-order valence-corrected chi connectivity index (χ4v) is 1.31. The normalized spacial score (nSPS) is 13.0. The van der Waals surface area contributed by atoms with Gasteiger partial charge in [0.15, 0.2) is 5.96 Å². The number of aliphatic imine (C=N–C) groups is 1. The van der Waals surface area contributed by atoms with Crippen molar-refractivity contribution in [1.82, 2.24) is 10.6 Å². The van der Waals surface area contributed by atoms with E-state index in [0.29, 0.717) is 19.1 Å². The van der Waals surface area contributed by atoms with Crippen LogP contribution in [0.4, 0.5) is 0 Å². The Balaban J connectivity index is 0. The maximum Gasteiger partial charge on any atom is 0.191 e. The number of guanidine groups is 1. The molecule has 0 aromatic carbocycles. The lowest BCUT2D eigenvalue weighted by molar-refractivity contribution is 0.128. The second-order valence-corrected chi connectivity index (χ2v) is 5.23. The molecule has 0 aromatic heterocycles. The number of halogens is 1. The summed E-state index contributed by atoms with van der Waals surface area (Å²) in [5.41, 5.74) is 0. The van der Waals surface area contributed by atoms with Gasteiger partial charge in [-0.15, -0.1) is 24.0 Å². The Labute approximate surface area is 141 Å². The zero-order valence-electron chi connectivity index (χ0n) is 13.3.